The van der Waals surface area contributed by atoms with Crippen LogP contribution in [0.3, 0.4) is 0 Å². The smallest absolute Gasteiger partial charge is 0.264 e. The molecule has 0 unspecified atom stereocenters. The molecule has 1 fully saturated rings. The number of benzene rings is 1. The predicted octanol–water partition coefficient (Wildman–Crippen LogP) is 4.15. The SMILES string of the molecule is Cc1[nH]c(C)c(S(=O)(=O)Nc2ccc(F)cc2Cl)c1-c1nnc(C2CC2)o1. The van der Waals surface area contributed by atoms with Gasteiger partial charge in [0.15, 0.2) is 0 Å². The third-order valence-corrected chi connectivity index (χ3v) is 6.19. The van der Waals surface area contributed by atoms with Gasteiger partial charge in [0.25, 0.3) is 15.9 Å². The molecule has 0 radical (unpaired) electrons. The predicted molar refractivity (Wildman–Crippen MR) is 97.8 cm³/mol. The molecular formula is C17H16ClFN4O3S. The topological polar surface area (TPSA) is 101 Å². The van der Waals surface area contributed by atoms with Crippen molar-refractivity contribution in [2.75, 3.05) is 4.72 Å². The Morgan fingerprint density at radius 3 is 2.67 bits per heavy atom. The molecule has 0 aliphatic heterocycles. The zero-order valence-corrected chi connectivity index (χ0v) is 16.1. The minimum absolute atomic E-state index is 0.00797. The summed E-state index contributed by atoms with van der Waals surface area (Å²) in [5, 5.41) is 8.01. The first-order valence-electron chi connectivity index (χ1n) is 8.27. The maximum Gasteiger partial charge on any atom is 0.264 e. The Balaban J connectivity index is 1.78. The van der Waals surface area contributed by atoms with E-state index in [1.807, 2.05) is 0 Å². The normalized spacial score (nSPS) is 14.5. The van der Waals surface area contributed by atoms with Crippen molar-refractivity contribution in [2.24, 2.45) is 0 Å². The van der Waals surface area contributed by atoms with Crippen molar-refractivity contribution in [3.05, 3.63) is 46.3 Å². The molecule has 4 rings (SSSR count). The van der Waals surface area contributed by atoms with Gasteiger partial charge < -0.3 is 9.40 Å². The first kappa shape index (κ1) is 18.0. The Morgan fingerprint density at radius 2 is 2.00 bits per heavy atom. The van der Waals surface area contributed by atoms with Crippen LogP contribution in [0.1, 0.15) is 36.0 Å². The molecule has 7 nitrogen and oxygen atoms in total. The lowest BCUT2D eigenvalue weighted by Gasteiger charge is -2.10. The quantitative estimate of drug-likeness (QED) is 0.657. The zero-order valence-electron chi connectivity index (χ0n) is 14.5. The molecule has 1 aliphatic carbocycles. The lowest BCUT2D eigenvalue weighted by atomic mass is 10.2. The molecule has 2 N–H and O–H groups in total. The Hall–Kier alpha value is -2.39. The Bertz CT molecular complexity index is 1140. The van der Waals surface area contributed by atoms with Crippen molar-refractivity contribution in [2.45, 2.75) is 37.5 Å². The maximum absolute atomic E-state index is 13.2. The van der Waals surface area contributed by atoms with E-state index < -0.39 is 15.8 Å². The van der Waals surface area contributed by atoms with E-state index in [1.54, 1.807) is 13.8 Å². The molecule has 0 amide bonds. The monoisotopic (exact) mass is 410 g/mol. The van der Waals surface area contributed by atoms with Gasteiger partial charge in [-0.2, -0.15) is 0 Å². The molecule has 1 aromatic carbocycles. The first-order chi connectivity index (χ1) is 12.8. The van der Waals surface area contributed by atoms with Gasteiger partial charge in [-0.25, -0.2) is 12.8 Å². The van der Waals surface area contributed by atoms with Crippen LogP contribution in [-0.2, 0) is 10.0 Å². The van der Waals surface area contributed by atoms with Gasteiger partial charge in [-0.3, -0.25) is 4.72 Å². The number of aryl methyl sites for hydroxylation is 2. The third kappa shape index (κ3) is 3.32. The summed E-state index contributed by atoms with van der Waals surface area (Å²) in [7, 11) is -4.05. The number of nitrogens with zero attached hydrogens (tertiary/aromatic N) is 2. The number of hydrogen-bond donors (Lipinski definition) is 2. The Morgan fingerprint density at radius 1 is 1.26 bits per heavy atom. The lowest BCUT2D eigenvalue weighted by molar-refractivity contribution is 0.507. The van der Waals surface area contributed by atoms with E-state index in [-0.39, 0.29) is 27.4 Å². The fraction of sp³-hybridized carbons (Fsp3) is 0.294. The third-order valence-electron chi connectivity index (χ3n) is 4.34. The van der Waals surface area contributed by atoms with Crippen LogP contribution in [0.5, 0.6) is 0 Å². The summed E-state index contributed by atoms with van der Waals surface area (Å²) >= 11 is 5.95. The minimum Gasteiger partial charge on any atom is -0.420 e. The summed E-state index contributed by atoms with van der Waals surface area (Å²) < 4.78 is 47.4. The van der Waals surface area contributed by atoms with Crippen molar-refractivity contribution >= 4 is 27.3 Å². The number of rotatable bonds is 5. The largest absolute Gasteiger partial charge is 0.420 e. The van der Waals surface area contributed by atoms with Crippen LogP contribution >= 0.6 is 11.6 Å². The molecule has 3 aromatic rings. The average molecular weight is 411 g/mol. The second-order valence-electron chi connectivity index (χ2n) is 6.53. The molecule has 2 aromatic heterocycles. The van der Waals surface area contributed by atoms with Gasteiger partial charge in [-0.05, 0) is 44.9 Å². The van der Waals surface area contributed by atoms with E-state index in [0.29, 0.717) is 22.8 Å². The fourth-order valence-corrected chi connectivity index (χ4v) is 4.75. The van der Waals surface area contributed by atoms with Crippen LogP contribution in [0.4, 0.5) is 10.1 Å². The van der Waals surface area contributed by atoms with E-state index in [9.17, 15) is 12.8 Å². The molecule has 142 valence electrons. The molecule has 0 bridgehead atoms. The number of sulfonamides is 1. The second-order valence-corrected chi connectivity index (χ2v) is 8.55. The number of nitrogens with one attached hydrogen (secondary N) is 2. The standard InChI is InChI=1S/C17H16ClFN4O3S/c1-8-14(17-22-21-16(26-17)10-3-4-10)15(9(2)20-8)27(24,25)23-13-6-5-11(19)7-12(13)18/h5-7,10,20,23H,3-4H2,1-2H3. The van der Waals surface area contributed by atoms with E-state index in [4.69, 9.17) is 16.0 Å². The number of halogens is 2. The van der Waals surface area contributed by atoms with Crippen LogP contribution in [-0.4, -0.2) is 23.6 Å². The summed E-state index contributed by atoms with van der Waals surface area (Å²) in [6.07, 6.45) is 1.98. The highest BCUT2D eigenvalue weighted by Gasteiger charge is 2.33. The van der Waals surface area contributed by atoms with Crippen molar-refractivity contribution in [1.82, 2.24) is 15.2 Å². The van der Waals surface area contributed by atoms with Crippen LogP contribution < -0.4 is 4.72 Å². The highest BCUT2D eigenvalue weighted by molar-refractivity contribution is 7.93. The van der Waals surface area contributed by atoms with Gasteiger partial charge in [0, 0.05) is 17.3 Å². The van der Waals surface area contributed by atoms with Gasteiger partial charge in [0.2, 0.25) is 5.89 Å². The van der Waals surface area contributed by atoms with Crippen molar-refractivity contribution in [3.63, 3.8) is 0 Å². The van der Waals surface area contributed by atoms with Gasteiger partial charge >= 0.3 is 0 Å². The molecule has 10 heteroatoms. The van der Waals surface area contributed by atoms with Crippen molar-refractivity contribution in [1.29, 1.82) is 0 Å². The van der Waals surface area contributed by atoms with E-state index >= 15 is 0 Å². The highest BCUT2D eigenvalue weighted by atomic mass is 35.5. The summed E-state index contributed by atoms with van der Waals surface area (Å²) in [5.41, 5.74) is 1.40. The number of anilines is 1. The number of H-pyrrole nitrogens is 1. The molecule has 0 saturated heterocycles. The summed E-state index contributed by atoms with van der Waals surface area (Å²) in [6.45, 7) is 3.36. The Labute approximate surface area is 160 Å². The molecule has 0 spiro atoms. The van der Waals surface area contributed by atoms with Crippen LogP contribution in [0, 0.1) is 19.7 Å². The number of aromatic nitrogens is 3. The van der Waals surface area contributed by atoms with Crippen molar-refractivity contribution < 1.29 is 17.2 Å². The Kier molecular flexibility index (Phi) is 4.23. The second kappa shape index (κ2) is 6.35. The lowest BCUT2D eigenvalue weighted by Crippen LogP contribution is -2.15. The van der Waals surface area contributed by atoms with Gasteiger partial charge in [0.1, 0.15) is 10.7 Å². The summed E-state index contributed by atoms with van der Waals surface area (Å²) in [4.78, 5) is 3.00. The molecule has 2 heterocycles. The van der Waals surface area contributed by atoms with Gasteiger partial charge in [-0.1, -0.05) is 11.6 Å². The molecule has 1 aliphatic rings. The maximum atomic E-state index is 13.2. The molecule has 0 atom stereocenters. The van der Waals surface area contributed by atoms with Crippen LogP contribution in [0.2, 0.25) is 5.02 Å². The van der Waals surface area contributed by atoms with Gasteiger partial charge in [-0.15, -0.1) is 10.2 Å². The van der Waals surface area contributed by atoms with Gasteiger partial charge in [0.05, 0.1) is 16.3 Å². The van der Waals surface area contributed by atoms with Crippen molar-refractivity contribution in [3.8, 4) is 11.5 Å². The molecular weight excluding hydrogens is 395 g/mol. The number of aromatic amines is 1. The molecule has 27 heavy (non-hydrogen) atoms. The minimum atomic E-state index is -4.05. The summed E-state index contributed by atoms with van der Waals surface area (Å²) in [5.74, 6) is 0.351. The van der Waals surface area contributed by atoms with Crippen LogP contribution in [0.25, 0.3) is 11.5 Å². The first-order valence-corrected chi connectivity index (χ1v) is 10.1. The van der Waals surface area contributed by atoms with Crippen LogP contribution in [0.15, 0.2) is 27.5 Å². The highest BCUT2D eigenvalue weighted by Crippen LogP contribution is 2.41. The fourth-order valence-electron chi connectivity index (χ4n) is 2.95. The molecule has 1 saturated carbocycles. The van der Waals surface area contributed by atoms with E-state index in [2.05, 4.69) is 19.9 Å². The summed E-state index contributed by atoms with van der Waals surface area (Å²) in [6, 6.07) is 3.43. The number of hydrogen-bond acceptors (Lipinski definition) is 5. The average Bonchev–Trinajstić information content (AvgIpc) is 3.23. The van der Waals surface area contributed by atoms with E-state index in [0.717, 1.165) is 25.0 Å². The zero-order chi connectivity index (χ0) is 19.3. The van der Waals surface area contributed by atoms with E-state index in [1.165, 1.54) is 6.07 Å².